The van der Waals surface area contributed by atoms with E-state index in [4.69, 9.17) is 9.47 Å². The predicted octanol–water partition coefficient (Wildman–Crippen LogP) is 3.01. The number of hydrogen-bond donors (Lipinski definition) is 2. The van der Waals surface area contributed by atoms with Crippen molar-refractivity contribution < 1.29 is 29.0 Å². The fourth-order valence-electron chi connectivity index (χ4n) is 4.56. The molecule has 4 rings (SSSR count). The Morgan fingerprint density at radius 1 is 1.21 bits per heavy atom. The van der Waals surface area contributed by atoms with Crippen LogP contribution in [-0.2, 0) is 14.3 Å². The summed E-state index contributed by atoms with van der Waals surface area (Å²) in [4.78, 5) is 40.8. The first-order chi connectivity index (χ1) is 15.7. The molecular formula is C25H30N2O6. The van der Waals surface area contributed by atoms with Crippen LogP contribution in [0, 0.1) is 5.92 Å². The summed E-state index contributed by atoms with van der Waals surface area (Å²) in [6.45, 7) is 5.39. The highest BCUT2D eigenvalue weighted by atomic mass is 16.5. The number of phenols is 1. The lowest BCUT2D eigenvalue weighted by Gasteiger charge is -2.31. The molecule has 1 heterocycles. The van der Waals surface area contributed by atoms with Gasteiger partial charge in [-0.1, -0.05) is 19.1 Å². The van der Waals surface area contributed by atoms with Gasteiger partial charge in [-0.15, -0.1) is 0 Å². The van der Waals surface area contributed by atoms with Crippen LogP contribution in [0.3, 0.4) is 0 Å². The highest BCUT2D eigenvalue weighted by molar-refractivity contribution is 6.05. The summed E-state index contributed by atoms with van der Waals surface area (Å²) >= 11 is 0. The molecule has 0 spiro atoms. The van der Waals surface area contributed by atoms with Crippen LogP contribution in [0.1, 0.15) is 50.4 Å². The molecule has 2 aromatic rings. The number of phenolic OH excluding ortho intramolecular Hbond substituents is 1. The van der Waals surface area contributed by atoms with Gasteiger partial charge < -0.3 is 24.8 Å². The highest BCUT2D eigenvalue weighted by Gasteiger charge is 2.57. The van der Waals surface area contributed by atoms with Gasteiger partial charge in [-0.25, -0.2) is 4.79 Å². The maximum absolute atomic E-state index is 13.7. The van der Waals surface area contributed by atoms with Gasteiger partial charge in [0.05, 0.1) is 19.3 Å². The van der Waals surface area contributed by atoms with E-state index >= 15 is 0 Å². The van der Waals surface area contributed by atoms with Crippen molar-refractivity contribution in [2.45, 2.75) is 57.7 Å². The average molecular weight is 455 g/mol. The summed E-state index contributed by atoms with van der Waals surface area (Å²) in [6, 6.07) is 7.74. The SMILES string of the molecule is CCCOC(=O)C(C)(C)NC(=O)[C@H]1C[C@@H]2C[C@@H]2N1C(=O)c1cc2cccc(O)c2cc1OC. The molecule has 1 saturated carbocycles. The number of methoxy groups -OCH3 is 1. The minimum absolute atomic E-state index is 0.00650. The Balaban J connectivity index is 1.60. The van der Waals surface area contributed by atoms with Gasteiger partial charge in [0.25, 0.3) is 5.91 Å². The van der Waals surface area contributed by atoms with E-state index < -0.39 is 17.6 Å². The second-order valence-electron chi connectivity index (χ2n) is 9.33. The topological polar surface area (TPSA) is 105 Å². The molecule has 176 valence electrons. The Labute approximate surface area is 192 Å². The number of benzene rings is 2. The maximum Gasteiger partial charge on any atom is 0.331 e. The molecule has 2 fully saturated rings. The third-order valence-corrected chi connectivity index (χ3v) is 6.43. The minimum atomic E-state index is -1.20. The van der Waals surface area contributed by atoms with Crippen molar-refractivity contribution in [2.75, 3.05) is 13.7 Å². The molecular weight excluding hydrogens is 424 g/mol. The molecule has 8 nitrogen and oxygen atoms in total. The van der Waals surface area contributed by atoms with Crippen LogP contribution in [0.15, 0.2) is 30.3 Å². The number of likely N-dealkylation sites (tertiary alicyclic amines) is 1. The number of piperidine rings is 1. The molecule has 0 radical (unpaired) electrons. The number of aromatic hydroxyl groups is 1. The minimum Gasteiger partial charge on any atom is -0.507 e. The summed E-state index contributed by atoms with van der Waals surface area (Å²) in [6.07, 6.45) is 2.10. The summed E-state index contributed by atoms with van der Waals surface area (Å²) in [5.74, 6) is -0.464. The van der Waals surface area contributed by atoms with Crippen molar-refractivity contribution in [1.82, 2.24) is 10.2 Å². The van der Waals surface area contributed by atoms with E-state index in [-0.39, 0.29) is 36.1 Å². The van der Waals surface area contributed by atoms with E-state index in [1.54, 1.807) is 43.0 Å². The van der Waals surface area contributed by atoms with Gasteiger partial charge in [0.1, 0.15) is 23.1 Å². The van der Waals surface area contributed by atoms with E-state index in [2.05, 4.69) is 5.32 Å². The number of rotatable bonds is 7. The average Bonchev–Trinajstić information content (AvgIpc) is 3.45. The number of amides is 2. The molecule has 8 heteroatoms. The van der Waals surface area contributed by atoms with E-state index in [9.17, 15) is 19.5 Å². The molecule has 2 N–H and O–H groups in total. The van der Waals surface area contributed by atoms with Gasteiger partial charge in [-0.3, -0.25) is 9.59 Å². The van der Waals surface area contributed by atoms with Gasteiger partial charge in [0, 0.05) is 11.4 Å². The lowest BCUT2D eigenvalue weighted by atomic mass is 10.0. The normalized spacial score (nSPS) is 21.5. The van der Waals surface area contributed by atoms with E-state index in [1.807, 2.05) is 13.0 Å². The van der Waals surface area contributed by atoms with Crippen LogP contribution in [0.5, 0.6) is 11.5 Å². The first-order valence-corrected chi connectivity index (χ1v) is 11.3. The summed E-state index contributed by atoms with van der Waals surface area (Å²) in [5, 5.41) is 14.2. The molecule has 0 unspecified atom stereocenters. The van der Waals surface area contributed by atoms with Crippen LogP contribution < -0.4 is 10.1 Å². The van der Waals surface area contributed by atoms with Crippen molar-refractivity contribution in [3.8, 4) is 11.5 Å². The monoisotopic (exact) mass is 454 g/mol. The molecule has 2 aliphatic rings. The van der Waals surface area contributed by atoms with Gasteiger partial charge in [-0.05, 0) is 62.6 Å². The zero-order valence-electron chi connectivity index (χ0n) is 19.4. The molecule has 1 aliphatic carbocycles. The fourth-order valence-corrected chi connectivity index (χ4v) is 4.56. The Kier molecular flexibility index (Phi) is 5.95. The van der Waals surface area contributed by atoms with Crippen molar-refractivity contribution in [3.63, 3.8) is 0 Å². The largest absolute Gasteiger partial charge is 0.507 e. The van der Waals surface area contributed by atoms with Crippen LogP contribution >= 0.6 is 0 Å². The smallest absolute Gasteiger partial charge is 0.331 e. The van der Waals surface area contributed by atoms with Crippen LogP contribution in [0.2, 0.25) is 0 Å². The van der Waals surface area contributed by atoms with Gasteiger partial charge in [-0.2, -0.15) is 0 Å². The van der Waals surface area contributed by atoms with Crippen molar-refractivity contribution in [1.29, 1.82) is 0 Å². The molecule has 0 aromatic heterocycles. The van der Waals surface area contributed by atoms with Gasteiger partial charge >= 0.3 is 5.97 Å². The standard InChI is InChI=1S/C25H30N2O6/c1-5-9-33-24(31)25(2,3)26-22(29)19-12-15-11-18(15)27(19)23(30)17-10-14-7-6-8-20(28)16(14)13-21(17)32-4/h6-8,10,13,15,18-19,28H,5,9,11-12H2,1-4H3,(H,26,29)/t15-,18-,19+/m0/s1. The van der Waals surface area contributed by atoms with Crippen LogP contribution in [-0.4, -0.2) is 59.1 Å². The second kappa shape index (κ2) is 8.57. The van der Waals surface area contributed by atoms with E-state index in [0.29, 0.717) is 34.9 Å². The van der Waals surface area contributed by atoms with Gasteiger partial charge in [0.2, 0.25) is 5.91 Å². The number of hydrogen-bond acceptors (Lipinski definition) is 6. The number of fused-ring (bicyclic) bond motifs is 2. The number of carbonyl (C=O) groups excluding carboxylic acids is 3. The molecule has 0 bridgehead atoms. The van der Waals surface area contributed by atoms with Crippen molar-refractivity contribution in [3.05, 3.63) is 35.9 Å². The molecule has 1 saturated heterocycles. The lowest BCUT2D eigenvalue weighted by molar-refractivity contribution is -0.152. The third kappa shape index (κ3) is 4.21. The fraction of sp³-hybridized carbons (Fsp3) is 0.480. The number of esters is 1. The zero-order valence-corrected chi connectivity index (χ0v) is 19.4. The van der Waals surface area contributed by atoms with Crippen molar-refractivity contribution in [2.24, 2.45) is 5.92 Å². The molecule has 2 amide bonds. The number of nitrogens with zero attached hydrogens (tertiary/aromatic N) is 1. The highest BCUT2D eigenvalue weighted by Crippen LogP contribution is 2.49. The first kappa shape index (κ1) is 22.9. The van der Waals surface area contributed by atoms with Gasteiger partial charge in [0.15, 0.2) is 0 Å². The molecule has 33 heavy (non-hydrogen) atoms. The summed E-state index contributed by atoms with van der Waals surface area (Å²) < 4.78 is 10.7. The Hall–Kier alpha value is -3.29. The summed E-state index contributed by atoms with van der Waals surface area (Å²) in [5.41, 5.74) is -0.867. The van der Waals surface area contributed by atoms with Crippen molar-refractivity contribution >= 4 is 28.6 Å². The maximum atomic E-state index is 13.7. The Morgan fingerprint density at radius 3 is 2.67 bits per heavy atom. The summed E-state index contributed by atoms with van der Waals surface area (Å²) in [7, 11) is 1.47. The second-order valence-corrected chi connectivity index (χ2v) is 9.33. The number of carbonyl (C=O) groups is 3. The Morgan fingerprint density at radius 2 is 1.97 bits per heavy atom. The van der Waals surface area contributed by atoms with Crippen LogP contribution in [0.4, 0.5) is 0 Å². The first-order valence-electron chi connectivity index (χ1n) is 11.3. The molecule has 2 aromatic carbocycles. The molecule has 3 atom stereocenters. The predicted molar refractivity (Wildman–Crippen MR) is 122 cm³/mol. The number of ether oxygens (including phenoxy) is 2. The molecule has 1 aliphatic heterocycles. The lowest BCUT2D eigenvalue weighted by Crippen LogP contribution is -2.57. The number of nitrogens with one attached hydrogen (secondary N) is 1. The zero-order chi connectivity index (χ0) is 23.9. The third-order valence-electron chi connectivity index (χ3n) is 6.43. The van der Waals surface area contributed by atoms with Crippen LogP contribution in [0.25, 0.3) is 10.8 Å². The van der Waals surface area contributed by atoms with E-state index in [0.717, 1.165) is 6.42 Å². The van der Waals surface area contributed by atoms with E-state index in [1.165, 1.54) is 7.11 Å². The quantitative estimate of drug-likeness (QED) is 0.623. The Bertz CT molecular complexity index is 1110.